The number of carbonyl (C=O) groups excluding carboxylic acids is 3. The van der Waals surface area contributed by atoms with Gasteiger partial charge in [-0.15, -0.1) is 0 Å². The minimum atomic E-state index is -0.880. The van der Waals surface area contributed by atoms with Gasteiger partial charge in [-0.25, -0.2) is 0 Å². The molecule has 0 aliphatic heterocycles. The van der Waals surface area contributed by atoms with Crippen LogP contribution in [0.25, 0.3) is 0 Å². The van der Waals surface area contributed by atoms with Crippen molar-refractivity contribution in [2.45, 2.75) is 207 Å². The van der Waals surface area contributed by atoms with E-state index in [0.717, 1.165) is 89.9 Å². The van der Waals surface area contributed by atoms with E-state index >= 15 is 0 Å². The number of carbonyl (C=O) groups is 3. The Labute approximate surface area is 446 Å². The summed E-state index contributed by atoms with van der Waals surface area (Å²) in [6.07, 6.45) is 89.1. The number of ether oxygens (including phenoxy) is 3. The van der Waals surface area contributed by atoms with Crippen molar-refractivity contribution in [3.05, 3.63) is 182 Å². The van der Waals surface area contributed by atoms with Gasteiger partial charge < -0.3 is 14.2 Å². The van der Waals surface area contributed by atoms with Gasteiger partial charge in [0.25, 0.3) is 0 Å². The molecule has 0 aliphatic carbocycles. The molecule has 0 N–H and O–H groups in total. The molecule has 0 saturated heterocycles. The summed E-state index contributed by atoms with van der Waals surface area (Å²) in [5.41, 5.74) is 0. The molecule has 6 heteroatoms. The number of rotatable bonds is 48. The summed E-state index contributed by atoms with van der Waals surface area (Å²) in [4.78, 5) is 38.1. The third kappa shape index (κ3) is 57.3. The molecule has 0 saturated carbocycles. The molecular weight excluding hydrogens is 901 g/mol. The molecule has 0 rings (SSSR count). The number of allylic oxidation sites excluding steroid dienone is 30. The summed E-state index contributed by atoms with van der Waals surface area (Å²) in [7, 11) is 0. The molecule has 0 fully saturated rings. The Morgan fingerprint density at radius 1 is 0.288 bits per heavy atom. The van der Waals surface area contributed by atoms with Gasteiger partial charge >= 0.3 is 17.9 Å². The molecule has 0 amide bonds. The van der Waals surface area contributed by atoms with Gasteiger partial charge in [0.15, 0.2) is 6.10 Å². The summed E-state index contributed by atoms with van der Waals surface area (Å²) in [6.45, 7) is 6.26. The highest BCUT2D eigenvalue weighted by molar-refractivity contribution is 5.71. The Morgan fingerprint density at radius 2 is 0.548 bits per heavy atom. The molecule has 0 aromatic rings. The SMILES string of the molecule is CC/C=C\C/C=C\C/C=C\C/C=C\C/C=C\CCCC(=O)OC(COC(=O)CC/C=C\C/C=C\C/C=C\C/C=C\C/C=C\CCCCC)COC(=O)CC/C=C\C/C=C\C/C=C\C/C=C\C/C=C\CCCCC. The second kappa shape index (κ2) is 59.1. The highest BCUT2D eigenvalue weighted by Crippen LogP contribution is 2.08. The van der Waals surface area contributed by atoms with Crippen molar-refractivity contribution in [2.75, 3.05) is 13.2 Å². The van der Waals surface area contributed by atoms with Gasteiger partial charge in [-0.1, -0.05) is 229 Å². The quantitative estimate of drug-likeness (QED) is 0.0262. The molecule has 0 unspecified atom stereocenters. The minimum absolute atomic E-state index is 0.173. The van der Waals surface area contributed by atoms with Crippen LogP contribution in [0, 0.1) is 0 Å². The Bertz CT molecular complexity index is 1680. The normalized spacial score (nSPS) is 13.2. The summed E-state index contributed by atoms with van der Waals surface area (Å²) in [6, 6.07) is 0. The number of hydrogen-bond acceptors (Lipinski definition) is 6. The van der Waals surface area contributed by atoms with Crippen LogP contribution in [0.15, 0.2) is 182 Å². The first-order chi connectivity index (χ1) is 36.0. The predicted molar refractivity (Wildman–Crippen MR) is 315 cm³/mol. The highest BCUT2D eigenvalue weighted by atomic mass is 16.6. The third-order valence-corrected chi connectivity index (χ3v) is 10.9. The molecule has 73 heavy (non-hydrogen) atoms. The maximum Gasteiger partial charge on any atom is 0.306 e. The molecule has 404 valence electrons. The van der Waals surface area contributed by atoms with Crippen molar-refractivity contribution < 1.29 is 28.6 Å². The lowest BCUT2D eigenvalue weighted by Gasteiger charge is -2.18. The van der Waals surface area contributed by atoms with Crippen LogP contribution < -0.4 is 0 Å². The maximum atomic E-state index is 12.8. The van der Waals surface area contributed by atoms with E-state index in [0.29, 0.717) is 19.3 Å². The van der Waals surface area contributed by atoms with Gasteiger partial charge in [0, 0.05) is 19.3 Å². The van der Waals surface area contributed by atoms with E-state index in [2.05, 4.69) is 179 Å². The number of unbranched alkanes of at least 4 members (excludes halogenated alkanes) is 7. The van der Waals surface area contributed by atoms with Crippen molar-refractivity contribution >= 4 is 17.9 Å². The van der Waals surface area contributed by atoms with E-state index in [9.17, 15) is 14.4 Å². The van der Waals surface area contributed by atoms with Gasteiger partial charge in [-0.05, 0) is 135 Å². The summed E-state index contributed by atoms with van der Waals surface area (Å²) >= 11 is 0. The molecule has 0 heterocycles. The van der Waals surface area contributed by atoms with E-state index in [1.165, 1.54) is 51.4 Å². The van der Waals surface area contributed by atoms with E-state index < -0.39 is 24.0 Å². The Kier molecular flexibility index (Phi) is 54.6. The van der Waals surface area contributed by atoms with E-state index in [1.807, 2.05) is 24.3 Å². The van der Waals surface area contributed by atoms with Gasteiger partial charge in [0.2, 0.25) is 0 Å². The first-order valence-electron chi connectivity index (χ1n) is 28.3. The van der Waals surface area contributed by atoms with Crippen molar-refractivity contribution in [3.8, 4) is 0 Å². The first kappa shape index (κ1) is 67.5. The summed E-state index contributed by atoms with van der Waals surface area (Å²) in [5, 5.41) is 0. The topological polar surface area (TPSA) is 78.9 Å². The van der Waals surface area contributed by atoms with Gasteiger partial charge in [0.05, 0.1) is 0 Å². The largest absolute Gasteiger partial charge is 0.462 e. The van der Waals surface area contributed by atoms with Crippen LogP contribution in [0.5, 0.6) is 0 Å². The third-order valence-electron chi connectivity index (χ3n) is 10.9. The Morgan fingerprint density at radius 3 is 0.836 bits per heavy atom. The zero-order valence-corrected chi connectivity index (χ0v) is 46.1. The average molecular weight is 1000 g/mol. The van der Waals surface area contributed by atoms with Crippen LogP contribution in [0.2, 0.25) is 0 Å². The number of hydrogen-bond donors (Lipinski definition) is 0. The van der Waals surface area contributed by atoms with Crippen molar-refractivity contribution in [1.29, 1.82) is 0 Å². The first-order valence-corrected chi connectivity index (χ1v) is 28.3. The fourth-order valence-corrected chi connectivity index (χ4v) is 6.68. The lowest BCUT2D eigenvalue weighted by Crippen LogP contribution is -2.30. The summed E-state index contributed by atoms with van der Waals surface area (Å²) < 4.78 is 16.6. The monoisotopic (exact) mass is 1000 g/mol. The second-order valence-electron chi connectivity index (χ2n) is 17.7. The second-order valence-corrected chi connectivity index (χ2v) is 17.7. The van der Waals surface area contributed by atoms with Crippen LogP contribution in [-0.2, 0) is 28.6 Å². The van der Waals surface area contributed by atoms with Crippen molar-refractivity contribution in [1.82, 2.24) is 0 Å². The molecule has 6 nitrogen and oxygen atoms in total. The molecule has 0 bridgehead atoms. The Balaban J connectivity index is 4.74. The minimum Gasteiger partial charge on any atom is -0.462 e. The summed E-state index contributed by atoms with van der Waals surface area (Å²) in [5.74, 6) is -1.20. The van der Waals surface area contributed by atoms with E-state index in [1.54, 1.807) is 0 Å². The molecule has 0 aromatic carbocycles. The number of esters is 3. The molecule has 0 aromatic heterocycles. The molecule has 0 aliphatic rings. The van der Waals surface area contributed by atoms with E-state index in [4.69, 9.17) is 14.2 Å². The molecular formula is C67H100O6. The van der Waals surface area contributed by atoms with Crippen LogP contribution in [0.1, 0.15) is 201 Å². The fraction of sp³-hybridized carbons (Fsp3) is 0.507. The lowest BCUT2D eigenvalue weighted by molar-refractivity contribution is -0.166. The van der Waals surface area contributed by atoms with Crippen LogP contribution >= 0.6 is 0 Å². The van der Waals surface area contributed by atoms with Gasteiger partial charge in [-0.3, -0.25) is 14.4 Å². The van der Waals surface area contributed by atoms with Crippen LogP contribution in [0.4, 0.5) is 0 Å². The zero-order chi connectivity index (χ0) is 52.9. The maximum absolute atomic E-state index is 12.8. The van der Waals surface area contributed by atoms with Gasteiger partial charge in [0.1, 0.15) is 13.2 Å². The zero-order valence-electron chi connectivity index (χ0n) is 46.1. The standard InChI is InChI=1S/C67H100O6/c1-4-7-10-13-16-19-22-25-28-31-33-36-38-41-44-47-50-53-56-59-65(68)71-62-64(73-67(70)61-58-55-52-49-46-43-40-35-30-27-24-21-18-15-12-9-6-3)63-72-66(69)60-57-54-51-48-45-42-39-37-34-32-29-26-23-20-17-14-11-8-5-2/h9,12,16-21,25-30,33-34,36-37,40-45,49-54,64H,4-8,10-11,13-15,22-24,31-32,35,38-39,46-48,55-63H2,1-3H3/b12-9-,19-16-,20-17-,21-18-,28-25-,29-26-,30-27-,36-33-,37-34-,43-40-,44-41-,45-42-,52-49-,53-50-,54-51-. The van der Waals surface area contributed by atoms with Crippen molar-refractivity contribution in [2.24, 2.45) is 0 Å². The fourth-order valence-electron chi connectivity index (χ4n) is 6.68. The van der Waals surface area contributed by atoms with Crippen LogP contribution in [0.3, 0.4) is 0 Å². The average Bonchev–Trinajstić information content (AvgIpc) is 3.39. The molecule has 0 radical (unpaired) electrons. The lowest BCUT2D eigenvalue weighted by atomic mass is 10.2. The smallest absolute Gasteiger partial charge is 0.306 e. The highest BCUT2D eigenvalue weighted by Gasteiger charge is 2.19. The van der Waals surface area contributed by atoms with Crippen LogP contribution in [-0.4, -0.2) is 37.2 Å². The van der Waals surface area contributed by atoms with Crippen molar-refractivity contribution in [3.63, 3.8) is 0 Å². The molecule has 0 atom stereocenters. The Hall–Kier alpha value is -5.49. The molecule has 0 spiro atoms. The predicted octanol–water partition coefficient (Wildman–Crippen LogP) is 19.3. The van der Waals surface area contributed by atoms with E-state index in [-0.39, 0.29) is 32.5 Å². The van der Waals surface area contributed by atoms with Gasteiger partial charge in [-0.2, -0.15) is 0 Å².